The number of rotatable bonds is 6. The Bertz CT molecular complexity index is 705. The van der Waals surface area contributed by atoms with Crippen molar-refractivity contribution in [2.45, 2.75) is 58.6 Å². The van der Waals surface area contributed by atoms with Gasteiger partial charge in [0.05, 0.1) is 10.7 Å². The van der Waals surface area contributed by atoms with E-state index in [2.05, 4.69) is 17.2 Å². The second-order valence-corrected chi connectivity index (χ2v) is 7.84. The van der Waals surface area contributed by atoms with Crippen LogP contribution >= 0.6 is 11.3 Å². The Hall–Kier alpha value is -1.88. The SMILES string of the molecule is CCC1CCC(NC(=O)c2cccc(OCc3csc(C)n3)c2)CC1. The summed E-state index contributed by atoms with van der Waals surface area (Å²) in [6.45, 7) is 4.66. The molecule has 1 fully saturated rings. The van der Waals surface area contributed by atoms with Crippen LogP contribution in [0, 0.1) is 12.8 Å². The van der Waals surface area contributed by atoms with Gasteiger partial charge in [0, 0.05) is 17.0 Å². The van der Waals surface area contributed by atoms with E-state index in [1.54, 1.807) is 11.3 Å². The average Bonchev–Trinajstić information content (AvgIpc) is 3.06. The highest BCUT2D eigenvalue weighted by Crippen LogP contribution is 2.26. The molecule has 1 aliphatic rings. The maximum absolute atomic E-state index is 12.5. The van der Waals surface area contributed by atoms with Gasteiger partial charge in [-0.2, -0.15) is 0 Å². The van der Waals surface area contributed by atoms with Crippen LogP contribution in [0.25, 0.3) is 0 Å². The van der Waals surface area contributed by atoms with Crippen molar-refractivity contribution in [2.24, 2.45) is 5.92 Å². The lowest BCUT2D eigenvalue weighted by Crippen LogP contribution is -2.37. The summed E-state index contributed by atoms with van der Waals surface area (Å²) in [7, 11) is 0. The number of aryl methyl sites for hydroxylation is 1. The molecule has 25 heavy (non-hydrogen) atoms. The van der Waals surface area contributed by atoms with Gasteiger partial charge in [0.2, 0.25) is 0 Å². The second kappa shape index (κ2) is 8.48. The number of thiazole rings is 1. The molecule has 1 amide bonds. The number of carbonyl (C=O) groups is 1. The van der Waals surface area contributed by atoms with Gasteiger partial charge in [-0.05, 0) is 56.7 Å². The molecule has 1 heterocycles. The number of nitrogens with one attached hydrogen (secondary N) is 1. The monoisotopic (exact) mass is 358 g/mol. The molecule has 1 N–H and O–H groups in total. The molecular weight excluding hydrogens is 332 g/mol. The highest BCUT2D eigenvalue weighted by atomic mass is 32.1. The molecule has 0 saturated heterocycles. The van der Waals surface area contributed by atoms with Crippen LogP contribution in [-0.2, 0) is 6.61 Å². The maximum atomic E-state index is 12.5. The minimum Gasteiger partial charge on any atom is -0.487 e. The van der Waals surface area contributed by atoms with Crippen molar-refractivity contribution in [1.82, 2.24) is 10.3 Å². The van der Waals surface area contributed by atoms with Gasteiger partial charge < -0.3 is 10.1 Å². The molecular formula is C20H26N2O2S. The van der Waals surface area contributed by atoms with Crippen molar-refractivity contribution in [3.8, 4) is 5.75 Å². The van der Waals surface area contributed by atoms with Crippen LogP contribution in [0.3, 0.4) is 0 Å². The number of hydrogen-bond donors (Lipinski definition) is 1. The summed E-state index contributed by atoms with van der Waals surface area (Å²) < 4.78 is 5.78. The molecule has 0 radical (unpaired) electrons. The average molecular weight is 359 g/mol. The van der Waals surface area contributed by atoms with Crippen molar-refractivity contribution in [3.63, 3.8) is 0 Å². The van der Waals surface area contributed by atoms with E-state index in [1.165, 1.54) is 19.3 Å². The van der Waals surface area contributed by atoms with Crippen molar-refractivity contribution in [1.29, 1.82) is 0 Å². The summed E-state index contributed by atoms with van der Waals surface area (Å²) in [5.41, 5.74) is 1.58. The standard InChI is InChI=1S/C20H26N2O2S/c1-3-15-7-9-17(10-8-15)22-20(23)16-5-4-6-19(11-16)24-12-18-13-25-14(2)21-18/h4-6,11,13,15,17H,3,7-10,12H2,1-2H3,(H,22,23). The van der Waals surface area contributed by atoms with Gasteiger partial charge in [-0.25, -0.2) is 4.98 Å². The zero-order valence-electron chi connectivity index (χ0n) is 15.0. The lowest BCUT2D eigenvalue weighted by Gasteiger charge is -2.28. The van der Waals surface area contributed by atoms with E-state index in [0.29, 0.717) is 24.0 Å². The number of carbonyl (C=O) groups excluding carboxylic acids is 1. The normalized spacial score (nSPS) is 20.2. The summed E-state index contributed by atoms with van der Waals surface area (Å²) in [6.07, 6.45) is 5.86. The first-order valence-corrected chi connectivity index (χ1v) is 9.96. The van der Waals surface area contributed by atoms with Gasteiger partial charge in [-0.15, -0.1) is 11.3 Å². The van der Waals surface area contributed by atoms with E-state index >= 15 is 0 Å². The molecule has 2 aromatic rings. The maximum Gasteiger partial charge on any atom is 0.251 e. The third-order valence-electron chi connectivity index (χ3n) is 4.91. The Morgan fingerprint density at radius 1 is 1.32 bits per heavy atom. The quantitative estimate of drug-likeness (QED) is 0.812. The molecule has 0 spiro atoms. The van der Waals surface area contributed by atoms with Gasteiger partial charge in [0.25, 0.3) is 5.91 Å². The number of hydrogen-bond acceptors (Lipinski definition) is 4. The Kier molecular flexibility index (Phi) is 6.08. The van der Waals surface area contributed by atoms with Crippen LogP contribution in [0.5, 0.6) is 5.75 Å². The predicted molar refractivity (Wildman–Crippen MR) is 101 cm³/mol. The third kappa shape index (κ3) is 5.05. The number of nitrogens with zero attached hydrogens (tertiary/aromatic N) is 1. The second-order valence-electron chi connectivity index (χ2n) is 6.77. The van der Waals surface area contributed by atoms with E-state index in [0.717, 1.165) is 29.5 Å². The van der Waals surface area contributed by atoms with Gasteiger partial charge >= 0.3 is 0 Å². The van der Waals surface area contributed by atoms with Crippen molar-refractivity contribution >= 4 is 17.2 Å². The molecule has 0 unspecified atom stereocenters. The molecule has 0 bridgehead atoms. The lowest BCUT2D eigenvalue weighted by atomic mass is 9.84. The Labute approximate surface area is 153 Å². The van der Waals surface area contributed by atoms with E-state index in [1.807, 2.05) is 36.6 Å². The van der Waals surface area contributed by atoms with Gasteiger partial charge in [0.15, 0.2) is 0 Å². The third-order valence-corrected chi connectivity index (χ3v) is 5.73. The van der Waals surface area contributed by atoms with Crippen LogP contribution in [0.1, 0.15) is 60.1 Å². The first-order valence-electron chi connectivity index (χ1n) is 9.08. The van der Waals surface area contributed by atoms with E-state index in [-0.39, 0.29) is 5.91 Å². The van der Waals surface area contributed by atoms with E-state index < -0.39 is 0 Å². The largest absolute Gasteiger partial charge is 0.487 e. The fourth-order valence-corrected chi connectivity index (χ4v) is 3.94. The Morgan fingerprint density at radius 3 is 2.80 bits per heavy atom. The van der Waals surface area contributed by atoms with E-state index in [4.69, 9.17) is 4.74 Å². The summed E-state index contributed by atoms with van der Waals surface area (Å²) in [6, 6.07) is 7.70. The minimum atomic E-state index is -0.00472. The minimum absolute atomic E-state index is 0.00472. The topological polar surface area (TPSA) is 51.2 Å². The highest BCUT2D eigenvalue weighted by Gasteiger charge is 2.21. The fraction of sp³-hybridized carbons (Fsp3) is 0.500. The van der Waals surface area contributed by atoms with Gasteiger partial charge in [-0.3, -0.25) is 4.79 Å². The van der Waals surface area contributed by atoms with Crippen LogP contribution in [-0.4, -0.2) is 16.9 Å². The van der Waals surface area contributed by atoms with Crippen LogP contribution < -0.4 is 10.1 Å². The van der Waals surface area contributed by atoms with Crippen molar-refractivity contribution in [2.75, 3.05) is 0 Å². The highest BCUT2D eigenvalue weighted by molar-refractivity contribution is 7.09. The van der Waals surface area contributed by atoms with Crippen molar-refractivity contribution in [3.05, 3.63) is 45.9 Å². The van der Waals surface area contributed by atoms with Gasteiger partial charge in [0.1, 0.15) is 12.4 Å². The van der Waals surface area contributed by atoms with Crippen LogP contribution in [0.15, 0.2) is 29.6 Å². The van der Waals surface area contributed by atoms with Gasteiger partial charge in [-0.1, -0.05) is 19.4 Å². The summed E-state index contributed by atoms with van der Waals surface area (Å²) in [5.74, 6) is 1.53. The summed E-state index contributed by atoms with van der Waals surface area (Å²) in [5, 5.41) is 6.21. The molecule has 3 rings (SSSR count). The first-order chi connectivity index (χ1) is 12.1. The number of aromatic nitrogens is 1. The van der Waals surface area contributed by atoms with Crippen LogP contribution in [0.4, 0.5) is 0 Å². The number of amides is 1. The number of ether oxygens (including phenoxy) is 1. The van der Waals surface area contributed by atoms with Crippen molar-refractivity contribution < 1.29 is 9.53 Å². The molecule has 1 aliphatic carbocycles. The molecule has 4 nitrogen and oxygen atoms in total. The molecule has 134 valence electrons. The summed E-state index contributed by atoms with van der Waals surface area (Å²) in [4.78, 5) is 16.9. The Morgan fingerprint density at radius 2 is 2.12 bits per heavy atom. The fourth-order valence-electron chi connectivity index (χ4n) is 3.34. The molecule has 1 aromatic carbocycles. The van der Waals surface area contributed by atoms with E-state index in [9.17, 15) is 4.79 Å². The molecule has 0 aliphatic heterocycles. The lowest BCUT2D eigenvalue weighted by molar-refractivity contribution is 0.0921. The zero-order valence-corrected chi connectivity index (χ0v) is 15.8. The smallest absolute Gasteiger partial charge is 0.251 e. The Balaban J connectivity index is 1.54. The predicted octanol–water partition coefficient (Wildman–Crippen LogP) is 4.73. The molecule has 5 heteroatoms. The molecule has 1 aromatic heterocycles. The zero-order chi connectivity index (χ0) is 17.6. The summed E-state index contributed by atoms with van der Waals surface area (Å²) >= 11 is 1.61. The molecule has 1 saturated carbocycles. The first kappa shape index (κ1) is 17.9. The number of benzene rings is 1. The molecule has 0 atom stereocenters. The van der Waals surface area contributed by atoms with Crippen LogP contribution in [0.2, 0.25) is 0 Å².